The number of hydrogen-bond acceptors (Lipinski definition) is 9. The Hall–Kier alpha value is -4.04. The van der Waals surface area contributed by atoms with Gasteiger partial charge in [-0.3, -0.25) is 24.1 Å². The molecule has 3 rings (SSSR count). The van der Waals surface area contributed by atoms with E-state index < -0.39 is 42.4 Å². The third-order valence-electron chi connectivity index (χ3n) is 11.5. The van der Waals surface area contributed by atoms with E-state index in [0.717, 1.165) is 18.4 Å². The van der Waals surface area contributed by atoms with Gasteiger partial charge in [0.2, 0.25) is 23.6 Å². The molecule has 0 saturated carbocycles. The van der Waals surface area contributed by atoms with Crippen molar-refractivity contribution in [3.8, 4) is 0 Å². The van der Waals surface area contributed by atoms with Crippen molar-refractivity contribution < 1.29 is 33.8 Å². The highest BCUT2D eigenvalue weighted by Gasteiger charge is 2.42. The lowest BCUT2D eigenvalue weighted by molar-refractivity contribution is -0.146. The van der Waals surface area contributed by atoms with E-state index in [-0.39, 0.29) is 54.5 Å². The summed E-state index contributed by atoms with van der Waals surface area (Å²) in [4.78, 5) is 60.2. The fraction of sp³-hybridized carbons (Fsp3) is 0.667. The first-order valence-electron chi connectivity index (χ1n) is 22.4. The lowest BCUT2D eigenvalue weighted by atomic mass is 9.90. The van der Waals surface area contributed by atoms with E-state index in [0.29, 0.717) is 30.8 Å². The summed E-state index contributed by atoms with van der Waals surface area (Å²) in [5.74, 6) is -1.59. The largest absolute Gasteiger partial charge is 0.399 e. The van der Waals surface area contributed by atoms with Gasteiger partial charge in [-0.05, 0) is 61.9 Å². The number of rotatable bonds is 21. The number of nitrogen functional groups attached to an aromatic ring is 1. The minimum atomic E-state index is -0.881. The highest BCUT2D eigenvalue weighted by molar-refractivity contribution is 5.88. The molecule has 2 aromatic rings. The van der Waals surface area contributed by atoms with Gasteiger partial charge in [-0.15, -0.1) is 0 Å². The van der Waals surface area contributed by atoms with Gasteiger partial charge in [-0.25, -0.2) is 0 Å². The summed E-state index contributed by atoms with van der Waals surface area (Å²) in [6.07, 6.45) is 1.34. The van der Waals surface area contributed by atoms with Crippen LogP contribution in [-0.2, 0) is 35.2 Å². The molecule has 4 amide bonds. The second-order valence-corrected chi connectivity index (χ2v) is 16.6. The van der Waals surface area contributed by atoms with Gasteiger partial charge in [0.1, 0.15) is 0 Å². The number of amides is 4. The zero-order valence-electron chi connectivity index (χ0n) is 39.9. The SMILES string of the molecule is CC.CCC.CC[C@H](C)C(C(CC(=O)N1CCC[C@H]1[C@H](OC)[C@@H](C)C(=O)NC(C)[C@@H](O)c1ccccc1)OC)N(C)C(=O)CNC(=O)C(C(C)C)N(C)Cc1ccc(N)cc1. The first-order valence-corrected chi connectivity index (χ1v) is 22.4. The molecule has 346 valence electrons. The number of carbonyl (C=O) groups is 4. The molecule has 0 spiro atoms. The average molecular weight is 855 g/mol. The molecule has 2 aromatic carbocycles. The molecule has 1 heterocycles. The molecule has 0 aromatic heterocycles. The third-order valence-corrected chi connectivity index (χ3v) is 11.5. The highest BCUT2D eigenvalue weighted by atomic mass is 16.5. The van der Waals surface area contributed by atoms with E-state index >= 15 is 0 Å². The summed E-state index contributed by atoms with van der Waals surface area (Å²) in [6, 6.07) is 14.9. The second-order valence-electron chi connectivity index (χ2n) is 16.6. The quantitative estimate of drug-likeness (QED) is 0.103. The zero-order chi connectivity index (χ0) is 46.4. The maximum Gasteiger partial charge on any atom is 0.242 e. The third kappa shape index (κ3) is 16.6. The lowest BCUT2D eigenvalue weighted by Crippen LogP contribution is -2.55. The molecule has 0 aliphatic carbocycles. The lowest BCUT2D eigenvalue weighted by Gasteiger charge is -2.39. The number of aliphatic hydroxyl groups excluding tert-OH is 1. The van der Waals surface area contributed by atoms with Crippen molar-refractivity contribution >= 4 is 29.3 Å². The molecule has 0 bridgehead atoms. The second kappa shape index (κ2) is 28.5. The molecule has 61 heavy (non-hydrogen) atoms. The van der Waals surface area contributed by atoms with Crippen LogP contribution >= 0.6 is 0 Å². The number of anilines is 1. The average Bonchev–Trinajstić information content (AvgIpc) is 3.74. The Bertz CT molecular complexity index is 1560. The number of likely N-dealkylation sites (N-methyl/N-ethyl adjacent to an activating group) is 2. The van der Waals surface area contributed by atoms with Crippen molar-refractivity contribution in [3.05, 3.63) is 65.7 Å². The van der Waals surface area contributed by atoms with E-state index in [1.54, 1.807) is 44.9 Å². The molecule has 9 atom stereocenters. The number of carbonyl (C=O) groups excluding carboxylic acids is 4. The molecule has 1 fully saturated rings. The molecule has 5 N–H and O–H groups in total. The van der Waals surface area contributed by atoms with Crippen molar-refractivity contribution in [2.45, 2.75) is 150 Å². The number of methoxy groups -OCH3 is 2. The van der Waals surface area contributed by atoms with E-state index in [1.807, 2.05) is 108 Å². The van der Waals surface area contributed by atoms with Crippen molar-refractivity contribution in [1.29, 1.82) is 0 Å². The van der Waals surface area contributed by atoms with Crippen LogP contribution in [0.15, 0.2) is 54.6 Å². The van der Waals surface area contributed by atoms with Crippen LogP contribution in [0.5, 0.6) is 0 Å². The van der Waals surface area contributed by atoms with Crippen molar-refractivity contribution in [2.75, 3.05) is 47.1 Å². The van der Waals surface area contributed by atoms with Crippen molar-refractivity contribution in [1.82, 2.24) is 25.3 Å². The van der Waals surface area contributed by atoms with Gasteiger partial charge in [0, 0.05) is 40.0 Å². The Labute approximate surface area is 368 Å². The highest BCUT2D eigenvalue weighted by Crippen LogP contribution is 2.30. The van der Waals surface area contributed by atoms with Crippen LogP contribution in [0.1, 0.15) is 119 Å². The molecular weight excluding hydrogens is 773 g/mol. The van der Waals surface area contributed by atoms with Crippen LogP contribution in [0, 0.1) is 17.8 Å². The Morgan fingerprint density at radius 1 is 0.902 bits per heavy atom. The molecule has 0 radical (unpaired) electrons. The molecule has 1 aliphatic rings. The van der Waals surface area contributed by atoms with E-state index in [1.165, 1.54) is 6.42 Å². The molecule has 13 nitrogen and oxygen atoms in total. The number of likely N-dealkylation sites (tertiary alicyclic amines) is 1. The zero-order valence-corrected chi connectivity index (χ0v) is 39.9. The first-order chi connectivity index (χ1) is 29.0. The number of hydrogen-bond donors (Lipinski definition) is 4. The molecule has 13 heteroatoms. The summed E-state index contributed by atoms with van der Waals surface area (Å²) in [7, 11) is 6.69. The number of nitrogens with two attached hydrogens (primary N) is 1. The molecule has 1 saturated heterocycles. The summed E-state index contributed by atoms with van der Waals surface area (Å²) < 4.78 is 11.9. The van der Waals surface area contributed by atoms with Crippen LogP contribution in [0.25, 0.3) is 0 Å². The fourth-order valence-corrected chi connectivity index (χ4v) is 8.11. The standard InChI is InChI=1S/C43H68N6O7.C3H8.C2H6/c1-11-28(4)39(48(8)37(51)25-45-43(54)38(27(2)3)47(7)26-31-19-21-33(44)22-20-31)35(55-9)24-36(50)49-23-15-18-34(49)41(56-10)29(5)42(53)46-30(6)40(52)32-16-13-12-14-17-32;1-3-2;1-2/h12-14,16-17,19-22,27-30,34-35,38-41,52H,11,15,18,23-26,44H2,1-10H3,(H,45,54)(H,46,53);3H2,1-2H3;1-2H3/t28-,29+,30?,34-,35?,38?,39?,40+,41+;;/m0../s1. The van der Waals surface area contributed by atoms with E-state index in [2.05, 4.69) is 24.5 Å². The van der Waals surface area contributed by atoms with Crippen LogP contribution in [-0.4, -0.2) is 121 Å². The summed E-state index contributed by atoms with van der Waals surface area (Å²) in [5.41, 5.74) is 8.25. The van der Waals surface area contributed by atoms with Crippen LogP contribution in [0.4, 0.5) is 5.69 Å². The van der Waals surface area contributed by atoms with Gasteiger partial charge in [0.25, 0.3) is 0 Å². The predicted molar refractivity (Wildman–Crippen MR) is 246 cm³/mol. The smallest absolute Gasteiger partial charge is 0.242 e. The first kappa shape index (κ1) is 55.0. The number of aliphatic hydroxyl groups is 1. The van der Waals surface area contributed by atoms with Crippen LogP contribution in [0.3, 0.4) is 0 Å². The summed E-state index contributed by atoms with van der Waals surface area (Å²) >= 11 is 0. The van der Waals surface area contributed by atoms with Crippen LogP contribution < -0.4 is 16.4 Å². The van der Waals surface area contributed by atoms with Gasteiger partial charge in [0.15, 0.2) is 0 Å². The van der Waals surface area contributed by atoms with E-state index in [9.17, 15) is 24.3 Å². The maximum absolute atomic E-state index is 14.1. The Morgan fingerprint density at radius 3 is 2.02 bits per heavy atom. The Morgan fingerprint density at radius 2 is 1.49 bits per heavy atom. The normalized spacial score (nSPS) is 17.6. The van der Waals surface area contributed by atoms with Gasteiger partial charge in [-0.2, -0.15) is 0 Å². The van der Waals surface area contributed by atoms with Gasteiger partial charge in [-0.1, -0.05) is 118 Å². The molecule has 1 aliphatic heterocycles. The minimum Gasteiger partial charge on any atom is -0.399 e. The molecular formula is C48H82N6O7. The number of ether oxygens (including phenoxy) is 2. The number of benzene rings is 2. The monoisotopic (exact) mass is 855 g/mol. The minimum absolute atomic E-state index is 0.0149. The fourth-order valence-electron chi connectivity index (χ4n) is 8.11. The Kier molecular flexibility index (Phi) is 25.7. The van der Waals surface area contributed by atoms with Crippen molar-refractivity contribution in [3.63, 3.8) is 0 Å². The van der Waals surface area contributed by atoms with Gasteiger partial charge >= 0.3 is 0 Å². The van der Waals surface area contributed by atoms with Gasteiger partial charge in [0.05, 0.1) is 61.4 Å². The number of nitrogens with zero attached hydrogens (tertiary/aromatic N) is 3. The topological polar surface area (TPSA) is 167 Å². The Balaban J connectivity index is 0.00000355. The number of nitrogens with one attached hydrogen (secondary N) is 2. The maximum atomic E-state index is 14.1. The molecule has 4 unspecified atom stereocenters. The van der Waals surface area contributed by atoms with Gasteiger partial charge < -0.3 is 40.7 Å². The van der Waals surface area contributed by atoms with Crippen molar-refractivity contribution in [2.24, 2.45) is 17.8 Å². The van der Waals surface area contributed by atoms with Crippen LogP contribution in [0.2, 0.25) is 0 Å². The summed E-state index contributed by atoms with van der Waals surface area (Å²) in [6.45, 7) is 20.7. The van der Waals surface area contributed by atoms with E-state index in [4.69, 9.17) is 15.2 Å². The predicted octanol–water partition coefficient (Wildman–Crippen LogP) is 6.44. The summed E-state index contributed by atoms with van der Waals surface area (Å²) in [5, 5.41) is 16.7.